The number of nitro groups is 1. The van der Waals surface area contributed by atoms with Crippen molar-refractivity contribution in [1.29, 1.82) is 0 Å². The fourth-order valence-corrected chi connectivity index (χ4v) is 3.19. The fraction of sp³-hybridized carbons (Fsp3) is 0. The number of benzene rings is 3. The molecule has 0 bridgehead atoms. The van der Waals surface area contributed by atoms with Crippen molar-refractivity contribution < 1.29 is 27.3 Å². The molecule has 0 aliphatic carbocycles. The standard InChI is InChI=1S/C20H14FN3O6S/c21-16-8-6-15(7-9-16)20(25)30-18-10-4-14(5-11-18)13-22-23-31(28,29)19-3-1-2-17(12-19)24(26)27/h1-13,23H/b22-13+. The normalized spacial score (nSPS) is 11.3. The molecule has 0 heterocycles. The van der Waals surface area contributed by atoms with Crippen molar-refractivity contribution in [2.75, 3.05) is 0 Å². The Bertz CT molecular complexity index is 1240. The minimum absolute atomic E-state index is 0.183. The fourth-order valence-electron chi connectivity index (χ4n) is 2.36. The van der Waals surface area contributed by atoms with E-state index < -0.39 is 26.7 Å². The van der Waals surface area contributed by atoms with Crippen LogP contribution in [0, 0.1) is 15.9 Å². The molecular formula is C20H14FN3O6S. The molecule has 0 atom stereocenters. The topological polar surface area (TPSA) is 128 Å². The molecule has 0 fully saturated rings. The average Bonchev–Trinajstić information content (AvgIpc) is 2.75. The zero-order valence-electron chi connectivity index (χ0n) is 15.6. The molecule has 0 aromatic heterocycles. The second-order valence-corrected chi connectivity index (χ2v) is 7.73. The van der Waals surface area contributed by atoms with Gasteiger partial charge in [-0.2, -0.15) is 13.5 Å². The number of nitrogens with zero attached hydrogens (tertiary/aromatic N) is 2. The molecule has 3 aromatic carbocycles. The summed E-state index contributed by atoms with van der Waals surface area (Å²) in [4.78, 5) is 23.7. The molecule has 158 valence electrons. The molecule has 0 saturated carbocycles. The van der Waals surface area contributed by atoms with Crippen LogP contribution in [-0.4, -0.2) is 25.5 Å². The van der Waals surface area contributed by atoms with Gasteiger partial charge in [0.05, 0.1) is 21.6 Å². The molecule has 3 aromatic rings. The van der Waals surface area contributed by atoms with Gasteiger partial charge >= 0.3 is 5.97 Å². The van der Waals surface area contributed by atoms with Crippen LogP contribution < -0.4 is 9.57 Å². The summed E-state index contributed by atoms with van der Waals surface area (Å²) in [5, 5.41) is 14.4. The Kier molecular flexibility index (Phi) is 6.36. The van der Waals surface area contributed by atoms with Gasteiger partial charge in [-0.1, -0.05) is 6.07 Å². The summed E-state index contributed by atoms with van der Waals surface area (Å²) in [5.41, 5.74) is 0.309. The summed E-state index contributed by atoms with van der Waals surface area (Å²) >= 11 is 0. The molecule has 0 radical (unpaired) electrons. The second kappa shape index (κ2) is 9.13. The third-order valence-electron chi connectivity index (χ3n) is 3.90. The number of carbonyl (C=O) groups excluding carboxylic acids is 1. The number of nitrogens with one attached hydrogen (secondary N) is 1. The van der Waals surface area contributed by atoms with E-state index in [1.54, 1.807) is 0 Å². The lowest BCUT2D eigenvalue weighted by molar-refractivity contribution is -0.385. The highest BCUT2D eigenvalue weighted by Gasteiger charge is 2.16. The highest BCUT2D eigenvalue weighted by Crippen LogP contribution is 2.17. The number of esters is 1. The van der Waals surface area contributed by atoms with Crippen molar-refractivity contribution >= 4 is 27.9 Å². The Labute approximate surface area is 176 Å². The van der Waals surface area contributed by atoms with E-state index >= 15 is 0 Å². The van der Waals surface area contributed by atoms with Gasteiger partial charge in [-0.3, -0.25) is 10.1 Å². The van der Waals surface area contributed by atoms with Crippen LogP contribution in [0.3, 0.4) is 0 Å². The van der Waals surface area contributed by atoms with Gasteiger partial charge in [-0.25, -0.2) is 14.0 Å². The van der Waals surface area contributed by atoms with Crippen molar-refractivity contribution in [1.82, 2.24) is 4.83 Å². The first kappa shape index (κ1) is 21.6. The number of sulfonamides is 1. The molecule has 3 rings (SSSR count). The SMILES string of the molecule is O=C(Oc1ccc(/C=N/NS(=O)(=O)c2cccc([N+](=O)[O-])c2)cc1)c1ccc(F)cc1. The van der Waals surface area contributed by atoms with E-state index in [2.05, 4.69) is 5.10 Å². The summed E-state index contributed by atoms with van der Waals surface area (Å²) in [6, 6.07) is 15.4. The van der Waals surface area contributed by atoms with Gasteiger partial charge in [-0.15, -0.1) is 0 Å². The predicted octanol–water partition coefficient (Wildman–Crippen LogP) is 3.27. The summed E-state index contributed by atoms with van der Waals surface area (Å²) in [6.45, 7) is 0. The van der Waals surface area contributed by atoms with Gasteiger partial charge in [0.15, 0.2) is 0 Å². The van der Waals surface area contributed by atoms with Gasteiger partial charge in [0.2, 0.25) is 0 Å². The maximum absolute atomic E-state index is 12.9. The van der Waals surface area contributed by atoms with Crippen molar-refractivity contribution in [3.05, 3.63) is 99.9 Å². The van der Waals surface area contributed by atoms with Crippen LogP contribution in [0.4, 0.5) is 10.1 Å². The number of rotatable bonds is 7. The highest BCUT2D eigenvalue weighted by atomic mass is 32.2. The van der Waals surface area contributed by atoms with Crippen LogP contribution in [0.15, 0.2) is 82.8 Å². The van der Waals surface area contributed by atoms with Crippen molar-refractivity contribution in [3.8, 4) is 5.75 Å². The zero-order valence-corrected chi connectivity index (χ0v) is 16.5. The Morgan fingerprint density at radius 3 is 2.39 bits per heavy atom. The monoisotopic (exact) mass is 443 g/mol. The molecule has 0 aliphatic heterocycles. The van der Waals surface area contributed by atoms with Crippen LogP contribution in [0.5, 0.6) is 5.75 Å². The lowest BCUT2D eigenvalue weighted by Crippen LogP contribution is -2.18. The summed E-state index contributed by atoms with van der Waals surface area (Å²) in [6.07, 6.45) is 1.21. The number of non-ortho nitro benzene ring substituents is 1. The zero-order chi connectivity index (χ0) is 22.4. The number of hydrazone groups is 1. The second-order valence-electron chi connectivity index (χ2n) is 6.07. The lowest BCUT2D eigenvalue weighted by atomic mass is 10.2. The van der Waals surface area contributed by atoms with Gasteiger partial charge in [0, 0.05) is 12.1 Å². The minimum Gasteiger partial charge on any atom is -0.423 e. The van der Waals surface area contributed by atoms with E-state index in [0.29, 0.717) is 5.56 Å². The lowest BCUT2D eigenvalue weighted by Gasteiger charge is -2.05. The van der Waals surface area contributed by atoms with Crippen LogP contribution in [0.1, 0.15) is 15.9 Å². The van der Waals surface area contributed by atoms with E-state index in [0.717, 1.165) is 18.2 Å². The maximum atomic E-state index is 12.9. The number of carbonyl (C=O) groups is 1. The van der Waals surface area contributed by atoms with Crippen LogP contribution in [-0.2, 0) is 10.0 Å². The Balaban J connectivity index is 1.63. The molecule has 0 unspecified atom stereocenters. The van der Waals surface area contributed by atoms with E-state index in [9.17, 15) is 27.7 Å². The molecule has 0 spiro atoms. The quantitative estimate of drug-likeness (QED) is 0.196. The number of hydrogen-bond donors (Lipinski definition) is 1. The molecule has 31 heavy (non-hydrogen) atoms. The number of nitro benzene ring substituents is 1. The van der Waals surface area contributed by atoms with E-state index in [4.69, 9.17) is 4.74 Å². The van der Waals surface area contributed by atoms with Gasteiger partial charge in [0.25, 0.3) is 15.7 Å². The van der Waals surface area contributed by atoms with Crippen LogP contribution in [0.25, 0.3) is 0 Å². The Hall–Kier alpha value is -4.12. The number of hydrogen-bond acceptors (Lipinski definition) is 7. The molecular weight excluding hydrogens is 429 g/mol. The maximum Gasteiger partial charge on any atom is 0.343 e. The summed E-state index contributed by atoms with van der Waals surface area (Å²) in [7, 11) is -4.09. The number of halogens is 1. The van der Waals surface area contributed by atoms with E-state index in [-0.39, 0.29) is 21.9 Å². The summed E-state index contributed by atoms with van der Waals surface area (Å²) < 4.78 is 42.5. The molecule has 0 amide bonds. The summed E-state index contributed by atoms with van der Waals surface area (Å²) in [5.74, 6) is -0.906. The van der Waals surface area contributed by atoms with Crippen LogP contribution in [0.2, 0.25) is 0 Å². The molecule has 9 nitrogen and oxygen atoms in total. The first-order valence-corrected chi connectivity index (χ1v) is 10.1. The first-order valence-electron chi connectivity index (χ1n) is 8.62. The largest absolute Gasteiger partial charge is 0.423 e. The van der Waals surface area contributed by atoms with Crippen LogP contribution >= 0.6 is 0 Å². The average molecular weight is 443 g/mol. The Morgan fingerprint density at radius 1 is 1.06 bits per heavy atom. The molecule has 0 aliphatic rings. The molecule has 0 saturated heterocycles. The molecule has 11 heteroatoms. The minimum atomic E-state index is -4.09. The highest BCUT2D eigenvalue weighted by molar-refractivity contribution is 7.89. The van der Waals surface area contributed by atoms with Crippen molar-refractivity contribution in [3.63, 3.8) is 0 Å². The first-order chi connectivity index (χ1) is 14.7. The van der Waals surface area contributed by atoms with Gasteiger partial charge in [0.1, 0.15) is 11.6 Å². The molecule has 1 N–H and O–H groups in total. The third kappa shape index (κ3) is 5.70. The van der Waals surface area contributed by atoms with E-state index in [1.807, 2.05) is 4.83 Å². The van der Waals surface area contributed by atoms with Crippen molar-refractivity contribution in [2.45, 2.75) is 4.90 Å². The van der Waals surface area contributed by atoms with Crippen molar-refractivity contribution in [2.24, 2.45) is 5.10 Å². The smallest absolute Gasteiger partial charge is 0.343 e. The Morgan fingerprint density at radius 2 is 1.74 bits per heavy atom. The van der Waals surface area contributed by atoms with Gasteiger partial charge < -0.3 is 4.74 Å². The predicted molar refractivity (Wildman–Crippen MR) is 109 cm³/mol. The van der Waals surface area contributed by atoms with Gasteiger partial charge in [-0.05, 0) is 60.2 Å². The third-order valence-corrected chi connectivity index (χ3v) is 5.12. The van der Waals surface area contributed by atoms with E-state index in [1.165, 1.54) is 60.8 Å². The number of ether oxygens (including phenoxy) is 1.